The topological polar surface area (TPSA) is 189 Å². The first kappa shape index (κ1) is 47.1. The number of cyclic esters (lactones) is 1. The summed E-state index contributed by atoms with van der Waals surface area (Å²) in [5.74, 6) is 5.66. The molecule has 13 heteroatoms. The lowest BCUT2D eigenvalue weighted by molar-refractivity contribution is -0.301. The van der Waals surface area contributed by atoms with E-state index in [1.807, 2.05) is 26.0 Å². The van der Waals surface area contributed by atoms with Gasteiger partial charge in [0.05, 0.1) is 48.4 Å². The van der Waals surface area contributed by atoms with Crippen molar-refractivity contribution in [2.24, 2.45) is 69.0 Å². The predicted molar refractivity (Wildman–Crippen MR) is 257 cm³/mol. The van der Waals surface area contributed by atoms with Gasteiger partial charge in [0.1, 0.15) is 24.1 Å². The number of carbonyl (C=O) groups excluding carboxylic acids is 3. The summed E-state index contributed by atoms with van der Waals surface area (Å²) >= 11 is 0. The fraction of sp³-hybridized carbons (Fsp3) is 0.741. The number of ether oxygens (including phenoxy) is 4. The first-order valence-electron chi connectivity index (χ1n) is 27.5. The zero-order valence-electron chi connectivity index (χ0n) is 41.8. The molecule has 0 radical (unpaired) electrons. The van der Waals surface area contributed by atoms with E-state index in [4.69, 9.17) is 23.4 Å². The normalized spacial score (nSPS) is 46.3. The van der Waals surface area contributed by atoms with Gasteiger partial charge in [-0.15, -0.1) is 0 Å². The number of benzene rings is 1. The third-order valence-corrected chi connectivity index (χ3v) is 22.3. The second kappa shape index (κ2) is 16.4. The van der Waals surface area contributed by atoms with Crippen LogP contribution < -0.4 is 10.6 Å². The summed E-state index contributed by atoms with van der Waals surface area (Å²) in [6.07, 6.45) is 8.85. The molecule has 5 aliphatic heterocycles. The maximum Gasteiger partial charge on any atom is 0.339 e. The van der Waals surface area contributed by atoms with Gasteiger partial charge in [-0.3, -0.25) is 9.59 Å². The Kier molecular flexibility index (Phi) is 10.9. The van der Waals surface area contributed by atoms with Crippen LogP contribution in [0.25, 0.3) is 0 Å². The van der Waals surface area contributed by atoms with Crippen molar-refractivity contribution < 1.29 is 53.1 Å². The highest BCUT2D eigenvalue weighted by Crippen LogP contribution is 2.85. The molecule has 2 aromatic rings. The minimum absolute atomic E-state index is 0.00277. The number of ketones is 1. The molecule has 382 valence electrons. The Morgan fingerprint density at radius 2 is 1.72 bits per heavy atom. The van der Waals surface area contributed by atoms with Gasteiger partial charge < -0.3 is 49.3 Å². The highest BCUT2D eigenvalue weighted by molar-refractivity contribution is 5.93. The first-order valence-corrected chi connectivity index (χ1v) is 27.5. The number of carbonyl (C=O) groups is 3. The van der Waals surface area contributed by atoms with Crippen molar-refractivity contribution in [1.82, 2.24) is 10.6 Å². The molecule has 5 saturated carbocycles. The molecule has 4 spiro atoms. The van der Waals surface area contributed by atoms with E-state index >= 15 is 9.59 Å². The monoisotopic (exact) mass is 975 g/mol. The maximum absolute atomic E-state index is 16.2. The van der Waals surface area contributed by atoms with Gasteiger partial charge in [-0.2, -0.15) is 0 Å². The summed E-state index contributed by atoms with van der Waals surface area (Å²) < 4.78 is 34.8. The predicted octanol–water partition coefficient (Wildman–Crippen LogP) is 5.93. The number of rotatable bonds is 9. The number of aliphatic hydroxyl groups excluding tert-OH is 3. The van der Waals surface area contributed by atoms with Crippen LogP contribution in [0.1, 0.15) is 128 Å². The molecule has 1 aromatic heterocycles. The summed E-state index contributed by atoms with van der Waals surface area (Å²) in [6.45, 7) is 7.47. The van der Waals surface area contributed by atoms with Gasteiger partial charge >= 0.3 is 11.9 Å². The van der Waals surface area contributed by atoms with Gasteiger partial charge in [0.2, 0.25) is 0 Å². The lowest BCUT2D eigenvalue weighted by atomic mass is 9.30. The second-order valence-corrected chi connectivity index (χ2v) is 25.3. The molecule has 5 N–H and O–H groups in total. The van der Waals surface area contributed by atoms with Crippen LogP contribution in [0.4, 0.5) is 0 Å². The number of epoxide rings is 1. The van der Waals surface area contributed by atoms with Crippen LogP contribution in [0.15, 0.2) is 47.1 Å². The zero-order valence-corrected chi connectivity index (χ0v) is 41.8. The lowest BCUT2D eigenvalue weighted by Gasteiger charge is -2.72. The molecule has 1 aromatic carbocycles. The molecule has 0 unspecified atom stereocenters. The molecule has 5 saturated heterocycles. The van der Waals surface area contributed by atoms with Crippen LogP contribution in [0.2, 0.25) is 0 Å². The first-order chi connectivity index (χ1) is 34.2. The Hall–Kier alpha value is -3.61. The summed E-state index contributed by atoms with van der Waals surface area (Å²) in [7, 11) is 0. The van der Waals surface area contributed by atoms with E-state index in [2.05, 4.69) is 53.7 Å². The summed E-state index contributed by atoms with van der Waals surface area (Å²) in [5.41, 5.74) is -6.32. The molecule has 0 amide bonds. The minimum atomic E-state index is -1.55. The number of Topliss-reactive ketones (excluding diaryl/α,β-unsaturated/α-hetero) is 1. The Labute approximate surface area is 417 Å². The van der Waals surface area contributed by atoms with E-state index in [9.17, 15) is 20.1 Å². The van der Waals surface area contributed by atoms with Crippen molar-refractivity contribution in [3.05, 3.63) is 59.5 Å². The van der Waals surface area contributed by atoms with Crippen molar-refractivity contribution in [3.8, 4) is 11.8 Å². The third-order valence-electron chi connectivity index (χ3n) is 22.3. The lowest BCUT2D eigenvalue weighted by Crippen LogP contribution is -2.81. The number of esters is 2. The van der Waals surface area contributed by atoms with Crippen molar-refractivity contribution in [2.45, 2.75) is 171 Å². The highest BCUT2D eigenvalue weighted by atomic mass is 16.7. The van der Waals surface area contributed by atoms with E-state index < -0.39 is 80.7 Å². The number of hydrogen-bond acceptors (Lipinski definition) is 13. The minimum Gasteiger partial charge on any atom is -0.469 e. The number of furan rings is 1. The quantitative estimate of drug-likeness (QED) is 0.113. The molecule has 10 fully saturated rings. The summed E-state index contributed by atoms with van der Waals surface area (Å²) in [4.78, 5) is 46.0. The van der Waals surface area contributed by atoms with Crippen LogP contribution in [0, 0.1) is 80.8 Å². The number of nitrogens with one attached hydrogen (secondary N) is 2. The molecule has 6 aliphatic carbocycles. The Balaban J connectivity index is 0.975. The fourth-order valence-corrected chi connectivity index (χ4v) is 19.6. The standard InChI is InChI=1S/C58H74N2O11/c1-52(2)46-45(63)47(64)57-40-27-34(26-33-10-5-4-6-11-33)13-14-36(40)12-9-23-56(39-20-25-67-43(39)28-38(42(62)30-61)35-15-17-37(18-16-35)41-29-59-32-60-41)53(3,58(57)48(69-58)49(65)70-56)24-19-44(57)55(46)31-68-51(66)54(50(55)71-52)21-7-8-22-54/h4-6,10-11,20,25,34-38,40-42,44,46-48,50,59-62,64H,7-8,13-19,21-24,26-32H2,1-3H3/t34-,35?,36-,37?,38-,40-,41-,42+,44+,46+,47+,48+,50-,53-,55+,56-,57-,58+/m0/s1. The van der Waals surface area contributed by atoms with Gasteiger partial charge in [0, 0.05) is 53.4 Å². The van der Waals surface area contributed by atoms with Crippen LogP contribution in [0.5, 0.6) is 0 Å². The van der Waals surface area contributed by atoms with E-state index in [1.54, 1.807) is 6.26 Å². The largest absolute Gasteiger partial charge is 0.469 e. The van der Waals surface area contributed by atoms with E-state index in [1.165, 1.54) is 5.56 Å². The molecule has 11 aliphatic rings. The van der Waals surface area contributed by atoms with Gasteiger partial charge in [0.25, 0.3) is 0 Å². The van der Waals surface area contributed by atoms with Gasteiger partial charge in [-0.1, -0.05) is 61.9 Å². The molecule has 71 heavy (non-hydrogen) atoms. The smallest absolute Gasteiger partial charge is 0.339 e. The second-order valence-electron chi connectivity index (χ2n) is 25.3. The number of fused-ring (bicyclic) bond motifs is 2. The third kappa shape index (κ3) is 6.10. The fourth-order valence-electron chi connectivity index (χ4n) is 19.6. The summed E-state index contributed by atoms with van der Waals surface area (Å²) in [5, 5.41) is 43.3. The number of hydrogen-bond donors (Lipinski definition) is 5. The molecular formula is C58H74N2O11. The van der Waals surface area contributed by atoms with Gasteiger partial charge in [-0.05, 0) is 138 Å². The number of aliphatic hydroxyl groups is 3. The van der Waals surface area contributed by atoms with Crippen LogP contribution >= 0.6 is 0 Å². The molecular weight excluding hydrogens is 901 g/mol. The average molecular weight is 975 g/mol. The van der Waals surface area contributed by atoms with Gasteiger partial charge in [0.15, 0.2) is 17.5 Å². The van der Waals surface area contributed by atoms with Crippen LogP contribution in [-0.2, 0) is 51.8 Å². The van der Waals surface area contributed by atoms with Crippen molar-refractivity contribution in [1.29, 1.82) is 0 Å². The van der Waals surface area contributed by atoms with Crippen molar-refractivity contribution in [2.75, 3.05) is 26.4 Å². The Morgan fingerprint density at radius 1 is 0.930 bits per heavy atom. The van der Waals surface area contributed by atoms with E-state index in [0.717, 1.165) is 71.0 Å². The van der Waals surface area contributed by atoms with Gasteiger partial charge in [-0.25, -0.2) is 4.79 Å². The average Bonchev–Trinajstić information content (AvgIpc) is 3.88. The van der Waals surface area contributed by atoms with Crippen LogP contribution in [0.3, 0.4) is 0 Å². The maximum atomic E-state index is 16.2. The summed E-state index contributed by atoms with van der Waals surface area (Å²) in [6, 6.07) is 12.9. The molecule has 13 nitrogen and oxygen atoms in total. The van der Waals surface area contributed by atoms with Crippen molar-refractivity contribution >= 4 is 17.7 Å². The Morgan fingerprint density at radius 3 is 2.46 bits per heavy atom. The van der Waals surface area contributed by atoms with Crippen LogP contribution in [-0.4, -0.2) is 101 Å². The van der Waals surface area contributed by atoms with Crippen molar-refractivity contribution in [3.63, 3.8) is 0 Å². The molecule has 6 heterocycles. The molecule has 4 bridgehead atoms. The molecule has 16 atom stereocenters. The van der Waals surface area contributed by atoms with E-state index in [0.29, 0.717) is 61.8 Å². The van der Waals surface area contributed by atoms with E-state index in [-0.39, 0.29) is 61.0 Å². The highest BCUT2D eigenvalue weighted by Gasteiger charge is 2.95. The SMILES string of the molecule is CC1(C)O[C@H]2C3(CCCC3)C(=O)OC[C@@]23[C@@H]1C(=O)[C@@H](O)[C@]12[C@@H]3CC[C@]3(C)[C@@]14O[C@@H]4C(=O)O[C@]3(c1ccoc1C[C@@H](C1CCC([C@@H]3CNCN3)CC1)[C@H](O)CO)CC#C[C@H]1CC[C@@H](Cc3ccccc3)C[C@@H]12. The Bertz CT molecular complexity index is 2510. The molecule has 13 rings (SSSR count). The zero-order chi connectivity index (χ0) is 48.9.